The first-order chi connectivity index (χ1) is 11.9. The number of aromatic nitrogens is 2. The van der Waals surface area contributed by atoms with Crippen LogP contribution in [0.5, 0.6) is 0 Å². The van der Waals surface area contributed by atoms with Crippen molar-refractivity contribution < 1.29 is 28.6 Å². The second-order valence-corrected chi connectivity index (χ2v) is 5.20. The van der Waals surface area contributed by atoms with Crippen molar-refractivity contribution in [3.8, 4) is 0 Å². The van der Waals surface area contributed by atoms with E-state index in [0.29, 0.717) is 16.6 Å². The number of hydrogen-bond acceptors (Lipinski definition) is 7. The molecule has 0 aliphatic carbocycles. The van der Waals surface area contributed by atoms with Gasteiger partial charge in [-0.05, 0) is 32.4 Å². The van der Waals surface area contributed by atoms with E-state index in [-0.39, 0.29) is 36.6 Å². The number of ether oxygens (including phenoxy) is 3. The van der Waals surface area contributed by atoms with Gasteiger partial charge in [-0.15, -0.1) is 0 Å². The number of rotatable bonds is 6. The molecule has 0 atom stereocenters. The van der Waals surface area contributed by atoms with Crippen molar-refractivity contribution in [3.05, 3.63) is 28.6 Å². The highest BCUT2D eigenvalue weighted by molar-refractivity contribution is 6.01. The van der Waals surface area contributed by atoms with Gasteiger partial charge in [-0.25, -0.2) is 14.6 Å². The molecular weight excluding hydrogens is 328 g/mol. The SMILES string of the molecule is CCOC(=O)Cc1nc2[nH]c(C(=O)OC)cc2c(C)c1C(=O)OCC. The van der Waals surface area contributed by atoms with Gasteiger partial charge in [-0.3, -0.25) is 4.79 Å². The number of fused-ring (bicyclic) bond motifs is 1. The summed E-state index contributed by atoms with van der Waals surface area (Å²) >= 11 is 0. The van der Waals surface area contributed by atoms with Crippen molar-refractivity contribution in [3.63, 3.8) is 0 Å². The Labute approximate surface area is 144 Å². The van der Waals surface area contributed by atoms with Crippen molar-refractivity contribution in [2.75, 3.05) is 20.3 Å². The van der Waals surface area contributed by atoms with Crippen LogP contribution in [0.15, 0.2) is 6.07 Å². The second kappa shape index (κ2) is 7.78. The molecule has 0 radical (unpaired) electrons. The number of aromatic amines is 1. The molecule has 0 fully saturated rings. The van der Waals surface area contributed by atoms with E-state index < -0.39 is 17.9 Å². The third-order valence-electron chi connectivity index (χ3n) is 3.61. The number of carbonyl (C=O) groups excluding carboxylic acids is 3. The number of pyridine rings is 1. The van der Waals surface area contributed by atoms with Crippen LogP contribution in [0.2, 0.25) is 0 Å². The van der Waals surface area contributed by atoms with Gasteiger partial charge in [0.25, 0.3) is 0 Å². The minimum Gasteiger partial charge on any atom is -0.466 e. The van der Waals surface area contributed by atoms with Gasteiger partial charge >= 0.3 is 17.9 Å². The van der Waals surface area contributed by atoms with Crippen molar-refractivity contribution in [2.45, 2.75) is 27.2 Å². The normalized spacial score (nSPS) is 10.6. The maximum Gasteiger partial charge on any atom is 0.354 e. The predicted octanol–water partition coefficient (Wildman–Crippen LogP) is 1.94. The Kier molecular flexibility index (Phi) is 5.74. The second-order valence-electron chi connectivity index (χ2n) is 5.20. The fourth-order valence-corrected chi connectivity index (χ4v) is 2.53. The maximum atomic E-state index is 12.4. The summed E-state index contributed by atoms with van der Waals surface area (Å²) in [5.74, 6) is -1.63. The monoisotopic (exact) mass is 348 g/mol. The van der Waals surface area contributed by atoms with E-state index >= 15 is 0 Å². The number of esters is 3. The molecule has 0 bridgehead atoms. The highest BCUT2D eigenvalue weighted by atomic mass is 16.5. The van der Waals surface area contributed by atoms with Crippen molar-refractivity contribution in [1.82, 2.24) is 9.97 Å². The Morgan fingerprint density at radius 1 is 1.12 bits per heavy atom. The molecule has 25 heavy (non-hydrogen) atoms. The zero-order valence-corrected chi connectivity index (χ0v) is 14.6. The van der Waals surface area contributed by atoms with Crippen LogP contribution < -0.4 is 0 Å². The van der Waals surface area contributed by atoms with Crippen molar-refractivity contribution in [1.29, 1.82) is 0 Å². The number of hydrogen-bond donors (Lipinski definition) is 1. The molecule has 2 aromatic rings. The number of nitrogens with one attached hydrogen (secondary N) is 1. The number of carbonyl (C=O) groups is 3. The van der Waals surface area contributed by atoms with E-state index in [0.717, 1.165) is 0 Å². The van der Waals surface area contributed by atoms with Crippen LogP contribution in [0.25, 0.3) is 11.0 Å². The van der Waals surface area contributed by atoms with Crippen LogP contribution in [0.4, 0.5) is 0 Å². The topological polar surface area (TPSA) is 108 Å². The lowest BCUT2D eigenvalue weighted by atomic mass is 10.0. The van der Waals surface area contributed by atoms with E-state index in [1.165, 1.54) is 7.11 Å². The molecule has 0 unspecified atom stereocenters. The molecule has 8 nitrogen and oxygen atoms in total. The quantitative estimate of drug-likeness (QED) is 0.628. The molecule has 0 aliphatic heterocycles. The number of H-pyrrole nitrogens is 1. The minimum absolute atomic E-state index is 0.175. The summed E-state index contributed by atoms with van der Waals surface area (Å²) in [6, 6.07) is 1.56. The molecule has 0 aromatic carbocycles. The van der Waals surface area contributed by atoms with Gasteiger partial charge in [0.05, 0.1) is 38.0 Å². The lowest BCUT2D eigenvalue weighted by molar-refractivity contribution is -0.142. The average Bonchev–Trinajstić information content (AvgIpc) is 2.99. The van der Waals surface area contributed by atoms with Crippen molar-refractivity contribution in [2.24, 2.45) is 0 Å². The van der Waals surface area contributed by atoms with Gasteiger partial charge in [0.15, 0.2) is 0 Å². The van der Waals surface area contributed by atoms with E-state index in [2.05, 4.69) is 14.7 Å². The summed E-state index contributed by atoms with van der Waals surface area (Å²) in [6.07, 6.45) is -0.175. The van der Waals surface area contributed by atoms with E-state index in [1.807, 2.05) is 0 Å². The zero-order chi connectivity index (χ0) is 18.6. The number of aryl methyl sites for hydroxylation is 1. The first kappa shape index (κ1) is 18.4. The Balaban J connectivity index is 2.61. The van der Waals surface area contributed by atoms with E-state index in [4.69, 9.17) is 9.47 Å². The molecule has 2 rings (SSSR count). The van der Waals surface area contributed by atoms with E-state index in [9.17, 15) is 14.4 Å². The molecule has 0 saturated heterocycles. The van der Waals surface area contributed by atoms with Crippen LogP contribution in [-0.4, -0.2) is 48.2 Å². The Bertz CT molecular complexity index is 824. The summed E-state index contributed by atoms with van der Waals surface area (Å²) in [5, 5.41) is 0.580. The summed E-state index contributed by atoms with van der Waals surface area (Å²) in [6.45, 7) is 5.51. The van der Waals surface area contributed by atoms with Crippen molar-refractivity contribution >= 4 is 28.9 Å². The minimum atomic E-state index is -0.575. The lowest BCUT2D eigenvalue weighted by Crippen LogP contribution is -2.16. The third kappa shape index (κ3) is 3.78. The van der Waals surface area contributed by atoms with Crippen LogP contribution >= 0.6 is 0 Å². The van der Waals surface area contributed by atoms with Gasteiger partial charge in [-0.1, -0.05) is 0 Å². The summed E-state index contributed by atoms with van der Waals surface area (Å²) in [5.41, 5.74) is 1.59. The fraction of sp³-hybridized carbons (Fsp3) is 0.412. The molecule has 2 aromatic heterocycles. The predicted molar refractivity (Wildman–Crippen MR) is 88.5 cm³/mol. The van der Waals surface area contributed by atoms with Crippen LogP contribution in [0.1, 0.15) is 46.0 Å². The van der Waals surface area contributed by atoms with Crippen LogP contribution in [0, 0.1) is 6.92 Å². The number of methoxy groups -OCH3 is 1. The molecule has 8 heteroatoms. The highest BCUT2D eigenvalue weighted by Gasteiger charge is 2.24. The molecule has 1 N–H and O–H groups in total. The Morgan fingerprint density at radius 2 is 1.80 bits per heavy atom. The first-order valence-corrected chi connectivity index (χ1v) is 7.86. The van der Waals surface area contributed by atoms with Gasteiger partial charge in [0, 0.05) is 5.39 Å². The van der Waals surface area contributed by atoms with Gasteiger partial charge in [-0.2, -0.15) is 0 Å². The van der Waals surface area contributed by atoms with Gasteiger partial charge in [0.1, 0.15) is 11.3 Å². The Hall–Kier alpha value is -2.90. The molecule has 2 heterocycles. The van der Waals surface area contributed by atoms with Gasteiger partial charge < -0.3 is 19.2 Å². The molecule has 0 amide bonds. The van der Waals surface area contributed by atoms with Gasteiger partial charge in [0.2, 0.25) is 0 Å². The fourth-order valence-electron chi connectivity index (χ4n) is 2.53. The molecule has 134 valence electrons. The van der Waals surface area contributed by atoms with E-state index in [1.54, 1.807) is 26.8 Å². The zero-order valence-electron chi connectivity index (χ0n) is 14.6. The summed E-state index contributed by atoms with van der Waals surface area (Å²) < 4.78 is 14.7. The molecule has 0 aliphatic rings. The largest absolute Gasteiger partial charge is 0.466 e. The number of nitrogens with zero attached hydrogens (tertiary/aromatic N) is 1. The highest BCUT2D eigenvalue weighted by Crippen LogP contribution is 2.25. The first-order valence-electron chi connectivity index (χ1n) is 7.86. The molecular formula is C17H20N2O6. The van der Waals surface area contributed by atoms with Crippen LogP contribution in [-0.2, 0) is 25.4 Å². The summed E-state index contributed by atoms with van der Waals surface area (Å²) in [7, 11) is 1.27. The lowest BCUT2D eigenvalue weighted by Gasteiger charge is -2.11. The standard InChI is InChI=1S/C17H20N2O6/c1-5-24-13(20)8-11-14(17(22)25-6-2)9(3)10-7-12(16(21)23-4)19-15(10)18-11/h7H,5-6,8H2,1-4H3,(H,18,19). The Morgan fingerprint density at radius 3 is 2.40 bits per heavy atom. The summed E-state index contributed by atoms with van der Waals surface area (Å²) in [4.78, 5) is 43.1. The molecule has 0 spiro atoms. The third-order valence-corrected chi connectivity index (χ3v) is 3.61. The smallest absolute Gasteiger partial charge is 0.354 e. The van der Waals surface area contributed by atoms with Crippen LogP contribution in [0.3, 0.4) is 0 Å². The molecule has 0 saturated carbocycles. The average molecular weight is 348 g/mol. The maximum absolute atomic E-state index is 12.4.